The Morgan fingerprint density at radius 2 is 2.11 bits per heavy atom. The number of pyridine rings is 1. The summed E-state index contributed by atoms with van der Waals surface area (Å²) in [5, 5.41) is 13.2. The molecule has 0 radical (unpaired) electrons. The van der Waals surface area contributed by atoms with E-state index in [1.54, 1.807) is 30.5 Å². The number of aliphatic hydroxyl groups excluding tert-OH is 1. The van der Waals surface area contributed by atoms with Gasteiger partial charge < -0.3 is 10.4 Å². The fourth-order valence-electron chi connectivity index (χ4n) is 1.58. The van der Waals surface area contributed by atoms with Crippen LogP contribution in [0.15, 0.2) is 30.5 Å². The van der Waals surface area contributed by atoms with Crippen LogP contribution >= 0.6 is 11.6 Å². The smallest absolute Gasteiger partial charge is 0.265 e. The molecule has 0 spiro atoms. The van der Waals surface area contributed by atoms with E-state index < -0.39 is 12.5 Å². The normalized spacial score (nSPS) is 12.9. The zero-order chi connectivity index (χ0) is 13.1. The lowest BCUT2D eigenvalue weighted by atomic mass is 10.2. The molecular weight excluding hydrogens is 262 g/mol. The highest BCUT2D eigenvalue weighted by atomic mass is 35.5. The highest BCUT2D eigenvalue weighted by molar-refractivity contribution is 6.31. The number of nitrogens with zero attached hydrogens (tertiary/aromatic N) is 1. The van der Waals surface area contributed by atoms with Crippen molar-refractivity contribution < 1.29 is 13.9 Å². The summed E-state index contributed by atoms with van der Waals surface area (Å²) in [6.45, 7) is -0.223. The molecule has 1 atom stereocenters. The molecule has 0 saturated heterocycles. The van der Waals surface area contributed by atoms with Crippen molar-refractivity contribution in [1.82, 2.24) is 4.98 Å². The van der Waals surface area contributed by atoms with Gasteiger partial charge in [-0.05, 0) is 24.3 Å². The third kappa shape index (κ3) is 2.86. The van der Waals surface area contributed by atoms with Gasteiger partial charge in [-0.25, -0.2) is 8.78 Å². The predicted octanol–water partition coefficient (Wildman–Crippen LogP) is 2.93. The molecule has 3 nitrogen and oxygen atoms in total. The number of aromatic nitrogens is 1. The summed E-state index contributed by atoms with van der Waals surface area (Å²) in [5.74, 6) is 0. The minimum absolute atomic E-state index is 0.223. The van der Waals surface area contributed by atoms with Crippen LogP contribution in [0.25, 0.3) is 10.9 Å². The first-order chi connectivity index (χ1) is 8.58. The summed E-state index contributed by atoms with van der Waals surface area (Å²) in [6, 6.07) is 6.79. The average molecular weight is 273 g/mol. The van der Waals surface area contributed by atoms with Crippen molar-refractivity contribution >= 4 is 28.2 Å². The lowest BCUT2D eigenvalue weighted by molar-refractivity contribution is 0.00386. The van der Waals surface area contributed by atoms with E-state index in [2.05, 4.69) is 10.3 Å². The van der Waals surface area contributed by atoms with E-state index in [1.165, 1.54) is 0 Å². The van der Waals surface area contributed by atoms with E-state index in [1.807, 2.05) is 0 Å². The lowest BCUT2D eigenvalue weighted by Gasteiger charge is -2.13. The molecule has 0 fully saturated rings. The SMILES string of the molecule is OC(CNc1ccnc2cc(Cl)ccc12)C(F)F. The second kappa shape index (κ2) is 5.46. The Morgan fingerprint density at radius 3 is 2.83 bits per heavy atom. The van der Waals surface area contributed by atoms with Crippen molar-refractivity contribution in [3.05, 3.63) is 35.5 Å². The molecule has 1 heterocycles. The topological polar surface area (TPSA) is 45.1 Å². The van der Waals surface area contributed by atoms with E-state index in [0.717, 1.165) is 5.39 Å². The van der Waals surface area contributed by atoms with Gasteiger partial charge in [0.1, 0.15) is 6.10 Å². The van der Waals surface area contributed by atoms with Crippen molar-refractivity contribution in [1.29, 1.82) is 0 Å². The van der Waals surface area contributed by atoms with Crippen LogP contribution in [0.3, 0.4) is 0 Å². The van der Waals surface area contributed by atoms with Crippen molar-refractivity contribution in [3.63, 3.8) is 0 Å². The summed E-state index contributed by atoms with van der Waals surface area (Å²) in [4.78, 5) is 4.13. The van der Waals surface area contributed by atoms with E-state index in [4.69, 9.17) is 16.7 Å². The van der Waals surface area contributed by atoms with Gasteiger partial charge in [0.05, 0.1) is 5.52 Å². The molecule has 18 heavy (non-hydrogen) atoms. The minimum atomic E-state index is -2.76. The molecule has 2 aromatic rings. The Kier molecular flexibility index (Phi) is 3.93. The van der Waals surface area contributed by atoms with Gasteiger partial charge in [0, 0.05) is 28.8 Å². The number of aliphatic hydroxyl groups is 1. The second-order valence-corrected chi connectivity index (χ2v) is 4.24. The quantitative estimate of drug-likeness (QED) is 0.899. The average Bonchev–Trinajstić information content (AvgIpc) is 2.35. The van der Waals surface area contributed by atoms with Gasteiger partial charge in [0.25, 0.3) is 6.43 Å². The summed E-state index contributed by atoms with van der Waals surface area (Å²) in [7, 11) is 0. The highest BCUT2D eigenvalue weighted by Gasteiger charge is 2.16. The summed E-state index contributed by atoms with van der Waals surface area (Å²) in [6.07, 6.45) is -2.91. The lowest BCUT2D eigenvalue weighted by Crippen LogP contribution is -2.26. The van der Waals surface area contributed by atoms with Crippen molar-refractivity contribution in [2.75, 3.05) is 11.9 Å². The van der Waals surface area contributed by atoms with E-state index in [0.29, 0.717) is 16.2 Å². The summed E-state index contributed by atoms with van der Waals surface area (Å²) in [5.41, 5.74) is 1.30. The van der Waals surface area contributed by atoms with Gasteiger partial charge in [0.2, 0.25) is 0 Å². The standard InChI is InChI=1S/C12H11ClF2N2O/c13-7-1-2-8-9(3-4-16-10(8)5-7)17-6-11(18)12(14)15/h1-5,11-12,18H,6H2,(H,16,17). The number of hydrogen-bond donors (Lipinski definition) is 2. The van der Waals surface area contributed by atoms with Crippen LogP contribution < -0.4 is 5.32 Å². The second-order valence-electron chi connectivity index (χ2n) is 3.80. The third-order valence-electron chi connectivity index (χ3n) is 2.50. The monoisotopic (exact) mass is 272 g/mol. The Balaban J connectivity index is 2.23. The van der Waals surface area contributed by atoms with Gasteiger partial charge in [0.15, 0.2) is 0 Å². The molecule has 2 N–H and O–H groups in total. The van der Waals surface area contributed by atoms with Crippen molar-refractivity contribution in [3.8, 4) is 0 Å². The molecule has 0 bridgehead atoms. The molecule has 2 rings (SSSR count). The third-order valence-corrected chi connectivity index (χ3v) is 2.73. The van der Waals surface area contributed by atoms with Gasteiger partial charge in [-0.2, -0.15) is 0 Å². The van der Waals surface area contributed by atoms with Crippen molar-refractivity contribution in [2.24, 2.45) is 0 Å². The molecule has 1 aromatic heterocycles. The molecule has 0 aliphatic rings. The van der Waals surface area contributed by atoms with E-state index in [9.17, 15) is 8.78 Å². The fourth-order valence-corrected chi connectivity index (χ4v) is 1.75. The van der Waals surface area contributed by atoms with E-state index in [-0.39, 0.29) is 6.54 Å². The molecular formula is C12H11ClF2N2O. The fraction of sp³-hybridized carbons (Fsp3) is 0.250. The number of halogens is 3. The predicted molar refractivity (Wildman–Crippen MR) is 67.3 cm³/mol. The number of alkyl halides is 2. The number of anilines is 1. The minimum Gasteiger partial charge on any atom is -0.385 e. The number of nitrogens with one attached hydrogen (secondary N) is 1. The van der Waals surface area contributed by atoms with Crippen LogP contribution in [0.5, 0.6) is 0 Å². The molecule has 1 unspecified atom stereocenters. The van der Waals surface area contributed by atoms with Crippen molar-refractivity contribution in [2.45, 2.75) is 12.5 Å². The molecule has 6 heteroatoms. The van der Waals surface area contributed by atoms with Gasteiger partial charge in [-0.3, -0.25) is 4.98 Å². The van der Waals surface area contributed by atoms with Crippen LogP contribution in [-0.4, -0.2) is 29.2 Å². The van der Waals surface area contributed by atoms with Gasteiger partial charge in [-0.15, -0.1) is 0 Å². The van der Waals surface area contributed by atoms with E-state index >= 15 is 0 Å². The molecule has 0 aliphatic carbocycles. The van der Waals surface area contributed by atoms with Crippen LogP contribution in [0.1, 0.15) is 0 Å². The van der Waals surface area contributed by atoms with Gasteiger partial charge in [-0.1, -0.05) is 11.6 Å². The zero-order valence-electron chi connectivity index (χ0n) is 9.28. The maximum atomic E-state index is 12.2. The van der Waals surface area contributed by atoms with Crippen LogP contribution in [0, 0.1) is 0 Å². The zero-order valence-corrected chi connectivity index (χ0v) is 10.0. The molecule has 96 valence electrons. The Hall–Kier alpha value is -1.46. The van der Waals surface area contributed by atoms with Crippen LogP contribution in [0.4, 0.5) is 14.5 Å². The highest BCUT2D eigenvalue weighted by Crippen LogP contribution is 2.24. The summed E-state index contributed by atoms with van der Waals surface area (Å²) < 4.78 is 24.4. The molecule has 0 aliphatic heterocycles. The van der Waals surface area contributed by atoms with Gasteiger partial charge >= 0.3 is 0 Å². The molecule has 0 amide bonds. The number of hydrogen-bond acceptors (Lipinski definition) is 3. The Bertz CT molecular complexity index is 551. The molecule has 0 saturated carbocycles. The number of fused-ring (bicyclic) bond motifs is 1. The first-order valence-corrected chi connectivity index (χ1v) is 5.70. The first-order valence-electron chi connectivity index (χ1n) is 5.32. The maximum absolute atomic E-state index is 12.2. The number of rotatable bonds is 4. The first kappa shape index (κ1) is 13.0. The van der Waals surface area contributed by atoms with Crippen LogP contribution in [0.2, 0.25) is 5.02 Å². The number of benzene rings is 1. The largest absolute Gasteiger partial charge is 0.385 e. The Labute approximate surface area is 107 Å². The molecule has 1 aromatic carbocycles. The summed E-state index contributed by atoms with van der Waals surface area (Å²) >= 11 is 5.84. The van der Waals surface area contributed by atoms with Crippen LogP contribution in [-0.2, 0) is 0 Å². The Morgan fingerprint density at radius 1 is 1.33 bits per heavy atom. The maximum Gasteiger partial charge on any atom is 0.265 e.